The fourth-order valence-electron chi connectivity index (χ4n) is 8.74. The molecule has 1 aliphatic carbocycles. The largest absolute Gasteiger partial charge is 0.313 e. The Balaban J connectivity index is 0.968. The van der Waals surface area contributed by atoms with Crippen LogP contribution in [0.2, 0.25) is 0 Å². The van der Waals surface area contributed by atoms with Crippen LogP contribution in [0.25, 0.3) is 61.3 Å². The van der Waals surface area contributed by atoms with Gasteiger partial charge in [-0.05, 0) is 127 Å². The molecule has 0 aliphatic heterocycles. The summed E-state index contributed by atoms with van der Waals surface area (Å²) in [5.41, 5.74) is 15.7. The highest BCUT2D eigenvalue weighted by molar-refractivity contribution is 6.09. The summed E-state index contributed by atoms with van der Waals surface area (Å²) < 4.78 is 4.81. The Morgan fingerprint density at radius 3 is 1.95 bits per heavy atom. The van der Waals surface area contributed by atoms with Crippen LogP contribution in [0, 0.1) is 0 Å². The van der Waals surface area contributed by atoms with E-state index in [0.29, 0.717) is 0 Å². The summed E-state index contributed by atoms with van der Waals surface area (Å²) in [5, 5.41) is 3.83. The van der Waals surface area contributed by atoms with Gasteiger partial charge < -0.3 is 14.0 Å². The van der Waals surface area contributed by atoms with Crippen LogP contribution in [0.1, 0.15) is 23.2 Å². The minimum absolute atomic E-state index is 0.796. The third-order valence-corrected chi connectivity index (χ3v) is 11.4. The Kier molecular flexibility index (Phi) is 9.25. The molecule has 10 rings (SSSR count). The number of anilines is 2. The normalized spacial score (nSPS) is 12.8. The summed E-state index contributed by atoms with van der Waals surface area (Å²) in [6.07, 6.45) is 16.0. The summed E-state index contributed by atoms with van der Waals surface area (Å²) in [5.74, 6) is 0. The molecule has 3 heteroatoms. The number of benzene rings is 7. The molecule has 7 aromatic carbocycles. The number of para-hydroxylation sites is 4. The highest BCUT2D eigenvalue weighted by Crippen LogP contribution is 2.38. The predicted octanol–water partition coefficient (Wildman–Crippen LogP) is 14.4. The number of allylic oxidation sites excluding steroid dienone is 5. The third kappa shape index (κ3) is 6.37. The Labute approximate surface area is 340 Å². The number of aromatic nitrogens is 2. The molecular formula is C55H43N3. The molecule has 0 saturated heterocycles. The maximum atomic E-state index is 4.11. The molecule has 0 bridgehead atoms. The van der Waals surface area contributed by atoms with Crippen LogP contribution in [-0.2, 0) is 12.8 Å². The quantitative estimate of drug-likeness (QED) is 0.127. The lowest BCUT2D eigenvalue weighted by Gasteiger charge is -2.26. The van der Waals surface area contributed by atoms with Crippen molar-refractivity contribution in [3.8, 4) is 22.5 Å². The van der Waals surface area contributed by atoms with E-state index in [4.69, 9.17) is 0 Å². The van der Waals surface area contributed by atoms with E-state index in [-0.39, 0.29) is 0 Å². The fraction of sp³-hybridized carbons (Fsp3) is 0.0545. The van der Waals surface area contributed by atoms with Crippen LogP contribution in [0.5, 0.6) is 0 Å². The number of hydrogen-bond acceptors (Lipinski definition) is 1. The molecule has 0 unspecified atom stereocenters. The molecule has 0 fully saturated rings. The van der Waals surface area contributed by atoms with Crippen molar-refractivity contribution in [2.45, 2.75) is 19.3 Å². The highest BCUT2D eigenvalue weighted by atomic mass is 15.1. The topological polar surface area (TPSA) is 13.1 Å². The highest BCUT2D eigenvalue weighted by Gasteiger charge is 2.20. The van der Waals surface area contributed by atoms with Crippen LogP contribution in [0.3, 0.4) is 0 Å². The van der Waals surface area contributed by atoms with Gasteiger partial charge >= 0.3 is 0 Å². The first-order chi connectivity index (χ1) is 28.7. The van der Waals surface area contributed by atoms with Gasteiger partial charge in [-0.25, -0.2) is 0 Å². The summed E-state index contributed by atoms with van der Waals surface area (Å²) in [7, 11) is 0. The van der Waals surface area contributed by atoms with Crippen molar-refractivity contribution in [3.05, 3.63) is 235 Å². The number of nitrogens with zero attached hydrogens (tertiary/aromatic N) is 3. The summed E-state index contributed by atoms with van der Waals surface area (Å²) in [4.78, 5) is 2.31. The maximum absolute atomic E-state index is 4.11. The average Bonchev–Trinajstić information content (AvgIpc) is 3.80. The van der Waals surface area contributed by atoms with Gasteiger partial charge in [0.05, 0.1) is 16.6 Å². The molecule has 278 valence electrons. The zero-order chi connectivity index (χ0) is 38.8. The number of hydrogen-bond donors (Lipinski definition) is 0. The van der Waals surface area contributed by atoms with E-state index in [0.717, 1.165) is 36.3 Å². The van der Waals surface area contributed by atoms with Gasteiger partial charge in [-0.1, -0.05) is 128 Å². The first kappa shape index (κ1) is 35.1. The Bertz CT molecular complexity index is 3010. The monoisotopic (exact) mass is 745 g/mol. The average molecular weight is 746 g/mol. The van der Waals surface area contributed by atoms with Crippen molar-refractivity contribution < 1.29 is 0 Å². The second-order valence-corrected chi connectivity index (χ2v) is 14.9. The van der Waals surface area contributed by atoms with Crippen LogP contribution in [0.15, 0.2) is 219 Å². The minimum atomic E-state index is 0.796. The van der Waals surface area contributed by atoms with Crippen molar-refractivity contribution in [2.75, 3.05) is 4.90 Å². The standard InChI is InChI=1S/C55H43N3/c1-2-17-43(25-16-18-40-30-36-54-50(38-40)48-26-12-14-28-52(48)57(54)45-21-8-4-9-22-45)56(44-19-6-3-7-20-44)47-34-31-41(32-35-47)42-33-37-55-51(39-42)49-27-13-15-29-53(49)58(55)46-23-10-5-11-24-46/h2-14,16-17,19-28,30-39H,1,15,18,29H2/b25-16-,43-17+. The molecule has 0 radical (unpaired) electrons. The zero-order valence-electron chi connectivity index (χ0n) is 32.4. The Hall–Kier alpha value is -7.36. The first-order valence-corrected chi connectivity index (χ1v) is 20.2. The van der Waals surface area contributed by atoms with Crippen LogP contribution in [0.4, 0.5) is 11.4 Å². The van der Waals surface area contributed by atoms with Gasteiger partial charge in [0, 0.05) is 55.9 Å². The van der Waals surface area contributed by atoms with E-state index in [2.05, 4.69) is 227 Å². The SMILES string of the molecule is C=C/C=C(\C=C/Cc1ccc2c(c1)c1ccccc1n2-c1ccccc1)N(c1ccccc1)c1ccc(-c2ccc3c(c2)c2c(n3-c3ccccc3)CCC=C2)cc1. The molecule has 0 N–H and O–H groups in total. The molecule has 2 aromatic heterocycles. The molecule has 9 aromatic rings. The molecule has 1 aliphatic rings. The molecular weight excluding hydrogens is 703 g/mol. The van der Waals surface area contributed by atoms with E-state index in [1.165, 1.54) is 72.0 Å². The van der Waals surface area contributed by atoms with E-state index in [1.807, 2.05) is 6.08 Å². The van der Waals surface area contributed by atoms with Gasteiger partial charge in [-0.2, -0.15) is 0 Å². The van der Waals surface area contributed by atoms with Gasteiger partial charge in [0.15, 0.2) is 0 Å². The lowest BCUT2D eigenvalue weighted by Crippen LogP contribution is -2.15. The molecule has 2 heterocycles. The third-order valence-electron chi connectivity index (χ3n) is 11.4. The Morgan fingerprint density at radius 1 is 0.569 bits per heavy atom. The lowest BCUT2D eigenvalue weighted by molar-refractivity contribution is 0.888. The first-order valence-electron chi connectivity index (χ1n) is 20.2. The molecule has 0 amide bonds. The van der Waals surface area contributed by atoms with E-state index in [9.17, 15) is 0 Å². The van der Waals surface area contributed by atoms with Crippen LogP contribution < -0.4 is 4.90 Å². The summed E-state index contributed by atoms with van der Waals surface area (Å²) in [6, 6.07) is 63.4. The number of rotatable bonds is 10. The van der Waals surface area contributed by atoms with Crippen molar-refractivity contribution in [1.29, 1.82) is 0 Å². The molecule has 0 saturated carbocycles. The fourth-order valence-corrected chi connectivity index (χ4v) is 8.74. The number of fused-ring (bicyclic) bond motifs is 6. The smallest absolute Gasteiger partial charge is 0.0541 e. The zero-order valence-corrected chi connectivity index (χ0v) is 32.4. The second kappa shape index (κ2) is 15.3. The van der Waals surface area contributed by atoms with E-state index in [1.54, 1.807) is 0 Å². The van der Waals surface area contributed by atoms with Crippen molar-refractivity contribution >= 4 is 50.2 Å². The molecule has 0 spiro atoms. The van der Waals surface area contributed by atoms with Gasteiger partial charge in [-0.3, -0.25) is 0 Å². The van der Waals surface area contributed by atoms with Crippen molar-refractivity contribution in [3.63, 3.8) is 0 Å². The van der Waals surface area contributed by atoms with E-state index >= 15 is 0 Å². The summed E-state index contributed by atoms with van der Waals surface area (Å²) >= 11 is 0. The second-order valence-electron chi connectivity index (χ2n) is 14.9. The molecule has 58 heavy (non-hydrogen) atoms. The van der Waals surface area contributed by atoms with Crippen molar-refractivity contribution in [2.24, 2.45) is 0 Å². The van der Waals surface area contributed by atoms with Crippen LogP contribution >= 0.6 is 0 Å². The van der Waals surface area contributed by atoms with Gasteiger partial charge in [0.2, 0.25) is 0 Å². The van der Waals surface area contributed by atoms with Gasteiger partial charge in [-0.15, -0.1) is 0 Å². The van der Waals surface area contributed by atoms with Gasteiger partial charge in [0.25, 0.3) is 0 Å². The van der Waals surface area contributed by atoms with E-state index < -0.39 is 0 Å². The summed E-state index contributed by atoms with van der Waals surface area (Å²) in [6.45, 7) is 4.11. The predicted molar refractivity (Wildman–Crippen MR) is 247 cm³/mol. The minimum Gasteiger partial charge on any atom is -0.313 e. The molecule has 0 atom stereocenters. The van der Waals surface area contributed by atoms with Gasteiger partial charge in [0.1, 0.15) is 0 Å². The lowest BCUT2D eigenvalue weighted by atomic mass is 9.98. The van der Waals surface area contributed by atoms with Crippen molar-refractivity contribution in [1.82, 2.24) is 9.13 Å². The Morgan fingerprint density at radius 2 is 1.19 bits per heavy atom. The maximum Gasteiger partial charge on any atom is 0.0541 e. The van der Waals surface area contributed by atoms with Crippen LogP contribution in [-0.4, -0.2) is 9.13 Å². The molecule has 3 nitrogen and oxygen atoms in total.